The molecule has 0 aromatic heterocycles. The van der Waals surface area contributed by atoms with Crippen molar-refractivity contribution in [2.75, 3.05) is 6.61 Å². The molecule has 0 bridgehead atoms. The highest BCUT2D eigenvalue weighted by atomic mass is 16.5. The monoisotopic (exact) mass is 350 g/mol. The molecule has 26 heavy (non-hydrogen) atoms. The number of hydrogen-bond acceptors (Lipinski definition) is 5. The molecule has 0 radical (unpaired) electrons. The van der Waals surface area contributed by atoms with Crippen LogP contribution < -0.4 is 5.73 Å². The lowest BCUT2D eigenvalue weighted by Gasteiger charge is -2.22. The number of benzene rings is 2. The van der Waals surface area contributed by atoms with Crippen LogP contribution in [0.3, 0.4) is 0 Å². The molecular formula is C21H22N2O3. The predicted octanol–water partition coefficient (Wildman–Crippen LogP) is 2.56. The maximum atomic E-state index is 12.8. The SMILES string of the molecule is NC(CC1=C(CO)N=CC(OCc2ccccc2)C1=O)c1ccccc1. The first kappa shape index (κ1) is 18.2. The summed E-state index contributed by atoms with van der Waals surface area (Å²) in [6.07, 6.45) is 0.999. The van der Waals surface area contributed by atoms with E-state index in [0.717, 1.165) is 11.1 Å². The molecular weight excluding hydrogens is 328 g/mol. The molecule has 1 heterocycles. The van der Waals surface area contributed by atoms with Gasteiger partial charge in [-0.3, -0.25) is 9.79 Å². The summed E-state index contributed by atoms with van der Waals surface area (Å²) >= 11 is 0. The third-order valence-corrected chi connectivity index (χ3v) is 4.34. The topological polar surface area (TPSA) is 84.9 Å². The zero-order valence-corrected chi connectivity index (χ0v) is 14.4. The van der Waals surface area contributed by atoms with Gasteiger partial charge >= 0.3 is 0 Å². The maximum absolute atomic E-state index is 12.8. The Morgan fingerprint density at radius 1 is 1.08 bits per heavy atom. The summed E-state index contributed by atoms with van der Waals surface area (Å²) in [4.78, 5) is 17.1. The van der Waals surface area contributed by atoms with Crippen LogP contribution in [0.4, 0.5) is 0 Å². The minimum atomic E-state index is -0.761. The molecule has 0 aliphatic carbocycles. The number of nitrogens with zero attached hydrogens (tertiary/aromatic N) is 1. The Hall–Kier alpha value is -2.60. The minimum absolute atomic E-state index is 0.189. The van der Waals surface area contributed by atoms with E-state index in [1.807, 2.05) is 60.7 Å². The van der Waals surface area contributed by atoms with Crippen molar-refractivity contribution in [3.8, 4) is 0 Å². The van der Waals surface area contributed by atoms with Gasteiger partial charge in [0.25, 0.3) is 0 Å². The van der Waals surface area contributed by atoms with Gasteiger partial charge in [0.1, 0.15) is 0 Å². The lowest BCUT2D eigenvalue weighted by atomic mass is 9.92. The fourth-order valence-electron chi connectivity index (χ4n) is 2.89. The van der Waals surface area contributed by atoms with Gasteiger partial charge in [0.05, 0.1) is 18.9 Å². The Balaban J connectivity index is 1.71. The molecule has 3 N–H and O–H groups in total. The molecule has 2 aromatic rings. The lowest BCUT2D eigenvalue weighted by Crippen LogP contribution is -2.32. The molecule has 0 amide bonds. The second-order valence-electron chi connectivity index (χ2n) is 6.16. The van der Waals surface area contributed by atoms with Crippen molar-refractivity contribution in [3.63, 3.8) is 0 Å². The first-order valence-electron chi connectivity index (χ1n) is 8.56. The summed E-state index contributed by atoms with van der Waals surface area (Å²) < 4.78 is 5.74. The first-order valence-corrected chi connectivity index (χ1v) is 8.56. The Morgan fingerprint density at radius 2 is 1.73 bits per heavy atom. The summed E-state index contributed by atoms with van der Waals surface area (Å²) in [5.41, 5.74) is 8.96. The molecule has 2 atom stereocenters. The van der Waals surface area contributed by atoms with Crippen molar-refractivity contribution in [1.82, 2.24) is 0 Å². The number of ketones is 1. The smallest absolute Gasteiger partial charge is 0.195 e. The van der Waals surface area contributed by atoms with Crippen LogP contribution in [0.25, 0.3) is 0 Å². The number of aliphatic hydroxyl groups excluding tert-OH is 1. The van der Waals surface area contributed by atoms with Crippen LogP contribution in [0.1, 0.15) is 23.6 Å². The van der Waals surface area contributed by atoms with Crippen molar-refractivity contribution in [2.45, 2.75) is 25.2 Å². The average molecular weight is 350 g/mol. The highest BCUT2D eigenvalue weighted by molar-refractivity contribution is 6.10. The van der Waals surface area contributed by atoms with Crippen LogP contribution in [-0.4, -0.2) is 29.8 Å². The van der Waals surface area contributed by atoms with Gasteiger partial charge in [-0.1, -0.05) is 60.7 Å². The van der Waals surface area contributed by atoms with E-state index in [0.29, 0.717) is 24.3 Å². The first-order chi connectivity index (χ1) is 12.7. The van der Waals surface area contributed by atoms with Crippen LogP contribution in [0, 0.1) is 0 Å². The number of hydrogen-bond donors (Lipinski definition) is 2. The van der Waals surface area contributed by atoms with Gasteiger partial charge in [-0.25, -0.2) is 0 Å². The van der Waals surface area contributed by atoms with Gasteiger partial charge < -0.3 is 15.6 Å². The average Bonchev–Trinajstić information content (AvgIpc) is 2.70. The number of rotatable bonds is 7. The third kappa shape index (κ3) is 4.32. The van der Waals surface area contributed by atoms with Crippen LogP contribution in [-0.2, 0) is 16.1 Å². The second kappa shape index (κ2) is 8.67. The summed E-state index contributed by atoms with van der Waals surface area (Å²) in [5.74, 6) is -0.189. The van der Waals surface area contributed by atoms with Crippen molar-refractivity contribution in [2.24, 2.45) is 10.7 Å². The Morgan fingerprint density at radius 3 is 2.38 bits per heavy atom. The molecule has 0 saturated heterocycles. The molecule has 0 fully saturated rings. The second-order valence-corrected chi connectivity index (χ2v) is 6.16. The van der Waals surface area contributed by atoms with Gasteiger partial charge in [0.15, 0.2) is 11.9 Å². The van der Waals surface area contributed by atoms with Crippen LogP contribution in [0.15, 0.2) is 76.9 Å². The maximum Gasteiger partial charge on any atom is 0.195 e. The van der Waals surface area contributed by atoms with Gasteiger partial charge in [0.2, 0.25) is 0 Å². The molecule has 2 aromatic carbocycles. The van der Waals surface area contributed by atoms with Crippen LogP contribution in [0.2, 0.25) is 0 Å². The Bertz CT molecular complexity index is 801. The van der Waals surface area contributed by atoms with Gasteiger partial charge in [-0.05, 0) is 17.5 Å². The van der Waals surface area contributed by atoms with Gasteiger partial charge in [-0.15, -0.1) is 0 Å². The number of aliphatic imine (C=N–C) groups is 1. The van der Waals surface area contributed by atoms with Crippen molar-refractivity contribution < 1.29 is 14.6 Å². The summed E-state index contributed by atoms with van der Waals surface area (Å²) in [6.45, 7) is 0.0141. The molecule has 0 saturated carbocycles. The molecule has 2 unspecified atom stereocenters. The molecule has 134 valence electrons. The van der Waals surface area contributed by atoms with Crippen molar-refractivity contribution in [1.29, 1.82) is 0 Å². The quantitative estimate of drug-likeness (QED) is 0.804. The van der Waals surface area contributed by atoms with Gasteiger partial charge in [0, 0.05) is 17.8 Å². The number of carbonyl (C=O) groups excluding carboxylic acids is 1. The molecule has 0 spiro atoms. The molecule has 1 aliphatic heterocycles. The number of Topliss-reactive ketones (excluding diaryl/α,β-unsaturated/α-hetero) is 1. The van der Waals surface area contributed by atoms with Crippen LogP contribution >= 0.6 is 0 Å². The lowest BCUT2D eigenvalue weighted by molar-refractivity contribution is -0.123. The Labute approximate surface area is 152 Å². The zero-order valence-electron chi connectivity index (χ0n) is 14.4. The predicted molar refractivity (Wildman–Crippen MR) is 101 cm³/mol. The van der Waals surface area contributed by atoms with Gasteiger partial charge in [-0.2, -0.15) is 0 Å². The summed E-state index contributed by atoms with van der Waals surface area (Å²) in [5, 5.41) is 9.55. The number of aliphatic hydroxyl groups is 1. The third-order valence-electron chi connectivity index (χ3n) is 4.34. The number of carbonyl (C=O) groups is 1. The highest BCUT2D eigenvalue weighted by Gasteiger charge is 2.29. The molecule has 1 aliphatic rings. The molecule has 5 nitrogen and oxygen atoms in total. The Kier molecular flexibility index (Phi) is 6.07. The zero-order chi connectivity index (χ0) is 18.4. The highest BCUT2D eigenvalue weighted by Crippen LogP contribution is 2.26. The van der Waals surface area contributed by atoms with Crippen LogP contribution in [0.5, 0.6) is 0 Å². The largest absolute Gasteiger partial charge is 0.390 e. The van der Waals surface area contributed by atoms with Crippen molar-refractivity contribution in [3.05, 3.63) is 83.1 Å². The van der Waals surface area contributed by atoms with E-state index < -0.39 is 6.10 Å². The number of nitrogens with two attached hydrogens (primary N) is 1. The van der Waals surface area contributed by atoms with E-state index >= 15 is 0 Å². The number of ether oxygens (including phenoxy) is 1. The van der Waals surface area contributed by atoms with Crippen molar-refractivity contribution >= 4 is 12.0 Å². The fraction of sp³-hybridized carbons (Fsp3) is 0.238. The summed E-state index contributed by atoms with van der Waals surface area (Å²) in [7, 11) is 0. The molecule has 5 heteroatoms. The van der Waals surface area contributed by atoms with E-state index in [1.165, 1.54) is 6.21 Å². The fourth-order valence-corrected chi connectivity index (χ4v) is 2.89. The van der Waals surface area contributed by atoms with E-state index in [2.05, 4.69) is 4.99 Å². The normalized spacial score (nSPS) is 18.2. The van der Waals surface area contributed by atoms with E-state index in [9.17, 15) is 9.90 Å². The minimum Gasteiger partial charge on any atom is -0.390 e. The van der Waals surface area contributed by atoms with E-state index in [-0.39, 0.29) is 18.4 Å². The van der Waals surface area contributed by atoms with E-state index in [4.69, 9.17) is 10.5 Å². The summed E-state index contributed by atoms with van der Waals surface area (Å²) in [6, 6.07) is 18.9. The van der Waals surface area contributed by atoms with E-state index in [1.54, 1.807) is 0 Å². The standard InChI is InChI=1S/C21H22N2O3/c22-18(16-9-5-2-6-10-16)11-17-19(13-24)23-12-20(21(17)25)26-14-15-7-3-1-4-8-15/h1-10,12,18,20,24H,11,13-14,22H2. The molecule has 3 rings (SSSR count).